The predicted octanol–water partition coefficient (Wildman–Crippen LogP) is 2.76. The first kappa shape index (κ1) is 15.8. The zero-order valence-corrected chi connectivity index (χ0v) is 14.2. The summed E-state index contributed by atoms with van der Waals surface area (Å²) in [7, 11) is 0. The van der Waals surface area contributed by atoms with Crippen molar-refractivity contribution in [3.05, 3.63) is 47.5 Å². The Morgan fingerprint density at radius 1 is 1.12 bits per heavy atom. The number of rotatable bonds is 5. The van der Waals surface area contributed by atoms with E-state index in [0.29, 0.717) is 5.92 Å². The molecule has 5 nitrogen and oxygen atoms in total. The van der Waals surface area contributed by atoms with Gasteiger partial charge in [-0.1, -0.05) is 30.3 Å². The first-order valence-electron chi connectivity index (χ1n) is 9.12. The summed E-state index contributed by atoms with van der Waals surface area (Å²) in [6, 6.07) is 10.8. The Hall–Kier alpha value is -1.72. The van der Waals surface area contributed by atoms with E-state index in [1.165, 1.54) is 31.5 Å². The minimum absolute atomic E-state index is 0.391. The van der Waals surface area contributed by atoms with Gasteiger partial charge in [0.15, 0.2) is 5.82 Å². The molecule has 0 aliphatic carbocycles. The second kappa shape index (κ2) is 7.45. The van der Waals surface area contributed by atoms with Gasteiger partial charge in [-0.15, -0.1) is 0 Å². The van der Waals surface area contributed by atoms with Crippen molar-refractivity contribution < 1.29 is 4.74 Å². The number of hydrogen-bond acceptors (Lipinski definition) is 4. The second-order valence-electron chi connectivity index (χ2n) is 7.11. The van der Waals surface area contributed by atoms with E-state index in [0.717, 1.165) is 50.2 Å². The molecule has 24 heavy (non-hydrogen) atoms. The SMILES string of the molecule is c1ccc(CN2CCC(Cc3nc(C4CCOC4)n[nH]3)CC2)cc1. The summed E-state index contributed by atoms with van der Waals surface area (Å²) in [6.45, 7) is 5.04. The number of piperidine rings is 1. The van der Waals surface area contributed by atoms with Crippen molar-refractivity contribution in [1.29, 1.82) is 0 Å². The van der Waals surface area contributed by atoms with Crippen molar-refractivity contribution in [2.24, 2.45) is 5.92 Å². The standard InChI is InChI=1S/C19H26N4O/c1-2-4-16(5-3-1)13-23-9-6-15(7-10-23)12-18-20-19(22-21-18)17-8-11-24-14-17/h1-5,15,17H,6-14H2,(H,20,21,22). The van der Waals surface area contributed by atoms with Gasteiger partial charge < -0.3 is 4.74 Å². The molecule has 2 aliphatic rings. The van der Waals surface area contributed by atoms with Crippen LogP contribution in [0.5, 0.6) is 0 Å². The van der Waals surface area contributed by atoms with E-state index in [2.05, 4.69) is 45.4 Å². The molecule has 2 saturated heterocycles. The van der Waals surface area contributed by atoms with Gasteiger partial charge >= 0.3 is 0 Å². The summed E-state index contributed by atoms with van der Waals surface area (Å²) in [4.78, 5) is 7.28. The summed E-state index contributed by atoms with van der Waals surface area (Å²) in [5.41, 5.74) is 1.41. The number of ether oxygens (including phenoxy) is 1. The van der Waals surface area contributed by atoms with E-state index in [-0.39, 0.29) is 0 Å². The van der Waals surface area contributed by atoms with Gasteiger partial charge in [-0.25, -0.2) is 4.98 Å². The smallest absolute Gasteiger partial charge is 0.156 e. The Morgan fingerprint density at radius 2 is 1.96 bits per heavy atom. The normalized spacial score (nSPS) is 22.9. The fourth-order valence-electron chi connectivity index (χ4n) is 3.79. The summed E-state index contributed by atoms with van der Waals surface area (Å²) < 4.78 is 5.43. The topological polar surface area (TPSA) is 54.0 Å². The molecule has 0 radical (unpaired) electrons. The lowest BCUT2D eigenvalue weighted by molar-refractivity contribution is 0.176. The van der Waals surface area contributed by atoms with Crippen molar-refractivity contribution >= 4 is 0 Å². The highest BCUT2D eigenvalue weighted by molar-refractivity contribution is 5.14. The van der Waals surface area contributed by atoms with Crippen molar-refractivity contribution in [2.45, 2.75) is 38.1 Å². The molecule has 2 aromatic rings. The molecular weight excluding hydrogens is 300 g/mol. The third-order valence-corrected chi connectivity index (χ3v) is 5.28. The molecule has 5 heteroatoms. The largest absolute Gasteiger partial charge is 0.381 e. The van der Waals surface area contributed by atoms with E-state index >= 15 is 0 Å². The highest BCUT2D eigenvalue weighted by Crippen LogP contribution is 2.24. The van der Waals surface area contributed by atoms with Crippen LogP contribution in [0.2, 0.25) is 0 Å². The zero-order valence-electron chi connectivity index (χ0n) is 14.2. The molecule has 0 bridgehead atoms. The summed E-state index contributed by atoms with van der Waals surface area (Å²) in [6.07, 6.45) is 4.57. The van der Waals surface area contributed by atoms with Gasteiger partial charge in [0.05, 0.1) is 6.61 Å². The van der Waals surface area contributed by atoms with Crippen LogP contribution in [0.4, 0.5) is 0 Å². The molecule has 1 unspecified atom stereocenters. The minimum Gasteiger partial charge on any atom is -0.381 e. The third-order valence-electron chi connectivity index (χ3n) is 5.28. The molecule has 1 N–H and O–H groups in total. The fraction of sp³-hybridized carbons (Fsp3) is 0.579. The highest BCUT2D eigenvalue weighted by atomic mass is 16.5. The fourth-order valence-corrected chi connectivity index (χ4v) is 3.79. The van der Waals surface area contributed by atoms with Gasteiger partial charge in [0, 0.05) is 25.5 Å². The number of likely N-dealkylation sites (tertiary alicyclic amines) is 1. The Kier molecular flexibility index (Phi) is 4.90. The molecule has 2 fully saturated rings. The number of aromatic amines is 1. The maximum Gasteiger partial charge on any atom is 0.156 e. The van der Waals surface area contributed by atoms with Gasteiger partial charge in [-0.05, 0) is 43.8 Å². The van der Waals surface area contributed by atoms with Crippen molar-refractivity contribution in [3.8, 4) is 0 Å². The lowest BCUT2D eigenvalue weighted by Crippen LogP contribution is -2.33. The molecule has 1 aromatic heterocycles. The van der Waals surface area contributed by atoms with Gasteiger partial charge in [0.1, 0.15) is 5.82 Å². The number of nitrogens with zero attached hydrogens (tertiary/aromatic N) is 3. The Labute approximate surface area is 143 Å². The van der Waals surface area contributed by atoms with E-state index in [4.69, 9.17) is 9.72 Å². The maximum atomic E-state index is 5.43. The minimum atomic E-state index is 0.391. The van der Waals surface area contributed by atoms with Gasteiger partial charge in [0.2, 0.25) is 0 Å². The van der Waals surface area contributed by atoms with Gasteiger partial charge in [-0.2, -0.15) is 5.10 Å². The van der Waals surface area contributed by atoms with E-state index in [9.17, 15) is 0 Å². The number of H-pyrrole nitrogens is 1. The van der Waals surface area contributed by atoms with Crippen molar-refractivity contribution in [1.82, 2.24) is 20.1 Å². The molecule has 0 saturated carbocycles. The van der Waals surface area contributed by atoms with Crippen LogP contribution in [-0.4, -0.2) is 46.4 Å². The van der Waals surface area contributed by atoms with Crippen LogP contribution in [0.1, 0.15) is 42.4 Å². The Balaban J connectivity index is 1.26. The quantitative estimate of drug-likeness (QED) is 0.918. The lowest BCUT2D eigenvalue weighted by Gasteiger charge is -2.31. The molecule has 1 aromatic carbocycles. The van der Waals surface area contributed by atoms with Crippen LogP contribution in [0.25, 0.3) is 0 Å². The van der Waals surface area contributed by atoms with Crippen molar-refractivity contribution in [3.63, 3.8) is 0 Å². The summed E-state index contributed by atoms with van der Waals surface area (Å²) in [5.74, 6) is 3.11. The Morgan fingerprint density at radius 3 is 2.71 bits per heavy atom. The lowest BCUT2D eigenvalue weighted by atomic mass is 9.93. The van der Waals surface area contributed by atoms with E-state index < -0.39 is 0 Å². The third kappa shape index (κ3) is 3.84. The van der Waals surface area contributed by atoms with Crippen LogP contribution < -0.4 is 0 Å². The molecule has 128 valence electrons. The molecular formula is C19H26N4O. The average Bonchev–Trinajstić information content (AvgIpc) is 3.29. The van der Waals surface area contributed by atoms with E-state index in [1.807, 2.05) is 0 Å². The van der Waals surface area contributed by atoms with Crippen LogP contribution in [0.15, 0.2) is 30.3 Å². The number of nitrogens with one attached hydrogen (secondary N) is 1. The molecule has 3 heterocycles. The molecule has 4 rings (SSSR count). The molecule has 2 aliphatic heterocycles. The first-order chi connectivity index (χ1) is 11.9. The van der Waals surface area contributed by atoms with Crippen LogP contribution in [0, 0.1) is 5.92 Å². The Bertz CT molecular complexity index is 628. The van der Waals surface area contributed by atoms with Gasteiger partial charge in [-0.3, -0.25) is 10.00 Å². The number of hydrogen-bond donors (Lipinski definition) is 1. The molecule has 0 spiro atoms. The number of benzene rings is 1. The molecule has 1 atom stereocenters. The van der Waals surface area contributed by atoms with E-state index in [1.54, 1.807) is 0 Å². The van der Waals surface area contributed by atoms with Crippen LogP contribution in [-0.2, 0) is 17.7 Å². The maximum absolute atomic E-state index is 5.43. The highest BCUT2D eigenvalue weighted by Gasteiger charge is 2.24. The first-order valence-corrected chi connectivity index (χ1v) is 9.12. The summed E-state index contributed by atoms with van der Waals surface area (Å²) in [5, 5.41) is 7.56. The van der Waals surface area contributed by atoms with Gasteiger partial charge in [0.25, 0.3) is 0 Å². The molecule has 0 amide bonds. The predicted molar refractivity (Wildman–Crippen MR) is 92.7 cm³/mol. The second-order valence-corrected chi connectivity index (χ2v) is 7.11. The van der Waals surface area contributed by atoms with Crippen LogP contribution >= 0.6 is 0 Å². The average molecular weight is 326 g/mol. The monoisotopic (exact) mass is 326 g/mol. The zero-order chi connectivity index (χ0) is 16.2. The van der Waals surface area contributed by atoms with Crippen LogP contribution in [0.3, 0.4) is 0 Å². The summed E-state index contributed by atoms with van der Waals surface area (Å²) >= 11 is 0. The van der Waals surface area contributed by atoms with Crippen molar-refractivity contribution in [2.75, 3.05) is 26.3 Å². The number of aromatic nitrogens is 3.